The number of rotatable bonds is 9. The van der Waals surface area contributed by atoms with Crippen LogP contribution in [-0.2, 0) is 17.8 Å². The molecule has 0 fully saturated rings. The number of carbonyl (C=O) groups is 1. The van der Waals surface area contributed by atoms with Crippen molar-refractivity contribution >= 4 is 23.1 Å². The minimum atomic E-state index is -0.230. The highest BCUT2D eigenvalue weighted by Gasteiger charge is 2.14. The van der Waals surface area contributed by atoms with Crippen molar-refractivity contribution in [1.29, 1.82) is 0 Å². The highest BCUT2D eigenvalue weighted by molar-refractivity contribution is 7.13. The minimum absolute atomic E-state index is 0.115. The molecule has 0 saturated carbocycles. The van der Waals surface area contributed by atoms with E-state index in [-0.39, 0.29) is 12.3 Å². The lowest BCUT2D eigenvalue weighted by molar-refractivity contribution is -0.115. The number of pyridine rings is 2. The van der Waals surface area contributed by atoms with Gasteiger partial charge in [0.15, 0.2) is 23.1 Å². The highest BCUT2D eigenvalue weighted by atomic mass is 32.1. The molecule has 0 saturated heterocycles. The predicted molar refractivity (Wildman–Crippen MR) is 126 cm³/mol. The maximum Gasteiger partial charge on any atom is 0.231 e. The summed E-state index contributed by atoms with van der Waals surface area (Å²) in [5.41, 5.74) is 2.52. The number of nitrogens with one attached hydrogen (secondary N) is 1. The van der Waals surface area contributed by atoms with E-state index in [1.165, 1.54) is 11.3 Å². The first-order chi connectivity index (χ1) is 16.2. The first kappa shape index (κ1) is 22.2. The fourth-order valence-corrected chi connectivity index (χ4v) is 3.89. The van der Waals surface area contributed by atoms with Crippen molar-refractivity contribution in [2.75, 3.05) is 19.5 Å². The summed E-state index contributed by atoms with van der Waals surface area (Å²) in [5, 5.41) is 5.47. The van der Waals surface area contributed by atoms with Gasteiger partial charge in [-0.1, -0.05) is 0 Å². The lowest BCUT2D eigenvalue weighted by Crippen LogP contribution is -2.16. The van der Waals surface area contributed by atoms with Gasteiger partial charge in [-0.15, -0.1) is 11.3 Å². The molecule has 1 aromatic carbocycles. The molecule has 0 aliphatic carbocycles. The van der Waals surface area contributed by atoms with Crippen LogP contribution in [0.25, 0.3) is 10.6 Å². The molecule has 0 atom stereocenters. The van der Waals surface area contributed by atoms with E-state index in [2.05, 4.69) is 20.3 Å². The smallest absolute Gasteiger partial charge is 0.231 e. The molecular formula is C24H22N4O4S. The third-order valence-electron chi connectivity index (χ3n) is 4.70. The number of thiazole rings is 1. The second kappa shape index (κ2) is 10.6. The average molecular weight is 463 g/mol. The van der Waals surface area contributed by atoms with Gasteiger partial charge in [0.2, 0.25) is 5.91 Å². The number of methoxy groups -OCH3 is 2. The zero-order valence-corrected chi connectivity index (χ0v) is 19.0. The Morgan fingerprint density at radius 2 is 1.82 bits per heavy atom. The summed E-state index contributed by atoms with van der Waals surface area (Å²) in [6, 6.07) is 12.9. The molecule has 4 rings (SSSR count). The fourth-order valence-electron chi connectivity index (χ4n) is 3.07. The molecule has 3 heterocycles. The zero-order valence-electron chi connectivity index (χ0n) is 18.1. The highest BCUT2D eigenvalue weighted by Crippen LogP contribution is 2.33. The van der Waals surface area contributed by atoms with Gasteiger partial charge in [0.05, 0.1) is 26.3 Å². The summed E-state index contributed by atoms with van der Waals surface area (Å²) in [7, 11) is 3.18. The first-order valence-corrected chi connectivity index (χ1v) is 11.0. The summed E-state index contributed by atoms with van der Waals surface area (Å²) in [4.78, 5) is 25.5. The molecule has 9 heteroatoms. The Labute approximate surface area is 195 Å². The number of anilines is 1. The van der Waals surface area contributed by atoms with Gasteiger partial charge in [-0.3, -0.25) is 9.78 Å². The molecule has 3 aromatic heterocycles. The number of hydrogen-bond donors (Lipinski definition) is 1. The van der Waals surface area contributed by atoms with Gasteiger partial charge in [-0.25, -0.2) is 9.97 Å². The van der Waals surface area contributed by atoms with Crippen LogP contribution in [0.3, 0.4) is 0 Å². The van der Waals surface area contributed by atoms with Crippen LogP contribution in [0.2, 0.25) is 0 Å². The normalized spacial score (nSPS) is 10.5. The Hall–Kier alpha value is -3.98. The van der Waals surface area contributed by atoms with Crippen LogP contribution in [-0.4, -0.2) is 35.1 Å². The zero-order chi connectivity index (χ0) is 23.0. The molecule has 168 valence electrons. The molecule has 4 aromatic rings. The summed E-state index contributed by atoms with van der Waals surface area (Å²) in [6.45, 7) is 0.345. The second-order valence-electron chi connectivity index (χ2n) is 6.93. The predicted octanol–water partition coefficient (Wildman–Crippen LogP) is 4.38. The Bertz CT molecular complexity index is 1230. The lowest BCUT2D eigenvalue weighted by Gasteiger charge is -2.11. The van der Waals surface area contributed by atoms with Gasteiger partial charge in [0.25, 0.3) is 0 Å². The van der Waals surface area contributed by atoms with Crippen molar-refractivity contribution in [1.82, 2.24) is 15.0 Å². The number of nitrogens with zero attached hydrogens (tertiary/aromatic N) is 3. The molecule has 1 N–H and O–H groups in total. The van der Waals surface area contributed by atoms with Crippen molar-refractivity contribution in [3.05, 3.63) is 77.7 Å². The summed E-state index contributed by atoms with van der Waals surface area (Å²) in [5.74, 6) is 1.90. The molecule has 0 unspecified atom stereocenters. The molecule has 0 spiro atoms. The van der Waals surface area contributed by atoms with E-state index in [9.17, 15) is 4.79 Å². The summed E-state index contributed by atoms with van der Waals surface area (Å²) in [6.07, 6.45) is 5.13. The number of ether oxygens (including phenoxy) is 3. The van der Waals surface area contributed by atoms with E-state index in [1.54, 1.807) is 44.9 Å². The first-order valence-electron chi connectivity index (χ1n) is 10.1. The number of hydrogen-bond acceptors (Lipinski definition) is 8. The largest absolute Gasteiger partial charge is 0.493 e. The van der Waals surface area contributed by atoms with Crippen molar-refractivity contribution < 1.29 is 19.0 Å². The van der Waals surface area contributed by atoms with Crippen LogP contribution in [0.1, 0.15) is 11.3 Å². The van der Waals surface area contributed by atoms with Gasteiger partial charge in [-0.2, -0.15) is 0 Å². The van der Waals surface area contributed by atoms with E-state index >= 15 is 0 Å². The van der Waals surface area contributed by atoms with Crippen molar-refractivity contribution in [2.24, 2.45) is 0 Å². The maximum absolute atomic E-state index is 12.7. The average Bonchev–Trinajstić information content (AvgIpc) is 3.32. The number of amides is 1. The van der Waals surface area contributed by atoms with Gasteiger partial charge >= 0.3 is 0 Å². The number of carbonyl (C=O) groups excluding carboxylic acids is 1. The molecule has 1 amide bonds. The van der Waals surface area contributed by atoms with Crippen LogP contribution in [0.15, 0.2) is 66.4 Å². The third-order valence-corrected chi connectivity index (χ3v) is 5.64. The van der Waals surface area contributed by atoms with Crippen LogP contribution in [0, 0.1) is 0 Å². The Morgan fingerprint density at radius 3 is 2.61 bits per heavy atom. The van der Waals surface area contributed by atoms with E-state index in [1.807, 2.05) is 35.7 Å². The summed E-state index contributed by atoms with van der Waals surface area (Å²) >= 11 is 1.46. The van der Waals surface area contributed by atoms with Gasteiger partial charge in [-0.05, 0) is 48.0 Å². The standard InChI is InChI=1S/C24H22N4O4S/c1-30-19-6-5-17(12-21(19)31-2)24-27-18(15-33-24)13-22(29)28-23-20(4-3-9-26-23)32-14-16-7-10-25-11-8-16/h3-12,15H,13-14H2,1-2H3,(H,26,28,29). The molecule has 0 aliphatic rings. The maximum atomic E-state index is 12.7. The van der Waals surface area contributed by atoms with Gasteiger partial charge in [0, 0.05) is 29.5 Å². The molecule has 0 bridgehead atoms. The van der Waals surface area contributed by atoms with E-state index in [0.717, 1.165) is 16.1 Å². The van der Waals surface area contributed by atoms with Crippen molar-refractivity contribution in [3.63, 3.8) is 0 Å². The SMILES string of the molecule is COc1ccc(-c2nc(CC(=O)Nc3ncccc3OCc3ccncc3)cs2)cc1OC. The molecule has 8 nitrogen and oxygen atoms in total. The van der Waals surface area contributed by atoms with Crippen LogP contribution in [0.5, 0.6) is 17.2 Å². The van der Waals surface area contributed by atoms with E-state index in [4.69, 9.17) is 14.2 Å². The van der Waals surface area contributed by atoms with Crippen LogP contribution >= 0.6 is 11.3 Å². The number of aromatic nitrogens is 3. The van der Waals surface area contributed by atoms with E-state index < -0.39 is 0 Å². The topological polar surface area (TPSA) is 95.5 Å². The monoisotopic (exact) mass is 462 g/mol. The molecule has 33 heavy (non-hydrogen) atoms. The molecule has 0 aliphatic heterocycles. The Kier molecular flexibility index (Phi) is 7.11. The van der Waals surface area contributed by atoms with Gasteiger partial charge in [0.1, 0.15) is 11.6 Å². The Balaban J connectivity index is 1.41. The van der Waals surface area contributed by atoms with Crippen LogP contribution in [0.4, 0.5) is 5.82 Å². The lowest BCUT2D eigenvalue weighted by atomic mass is 10.2. The second-order valence-corrected chi connectivity index (χ2v) is 7.79. The van der Waals surface area contributed by atoms with E-state index in [0.29, 0.717) is 35.4 Å². The fraction of sp³-hybridized carbons (Fsp3) is 0.167. The minimum Gasteiger partial charge on any atom is -0.493 e. The third kappa shape index (κ3) is 5.64. The van der Waals surface area contributed by atoms with Crippen molar-refractivity contribution in [3.8, 4) is 27.8 Å². The van der Waals surface area contributed by atoms with Crippen molar-refractivity contribution in [2.45, 2.75) is 13.0 Å². The molecular weight excluding hydrogens is 440 g/mol. The quantitative estimate of drug-likeness (QED) is 0.394. The summed E-state index contributed by atoms with van der Waals surface area (Å²) < 4.78 is 16.5. The Morgan fingerprint density at radius 1 is 1.00 bits per heavy atom. The number of benzene rings is 1. The molecule has 0 radical (unpaired) electrons. The van der Waals surface area contributed by atoms with Gasteiger partial charge < -0.3 is 19.5 Å². The van der Waals surface area contributed by atoms with Crippen LogP contribution < -0.4 is 19.5 Å².